The lowest BCUT2D eigenvalue weighted by molar-refractivity contribution is -0.119. The van der Waals surface area contributed by atoms with E-state index in [1.54, 1.807) is 6.20 Å². The minimum atomic E-state index is 0.0218. The highest BCUT2D eigenvalue weighted by atomic mass is 79.9. The van der Waals surface area contributed by atoms with E-state index in [-0.39, 0.29) is 5.91 Å². The van der Waals surface area contributed by atoms with E-state index in [1.165, 1.54) is 0 Å². The van der Waals surface area contributed by atoms with Gasteiger partial charge < -0.3 is 10.2 Å². The van der Waals surface area contributed by atoms with Crippen LogP contribution in [-0.4, -0.2) is 31.0 Å². The Morgan fingerprint density at radius 1 is 1.56 bits per heavy atom. The maximum absolute atomic E-state index is 11.7. The van der Waals surface area contributed by atoms with Gasteiger partial charge in [0, 0.05) is 24.3 Å². The number of aryl methyl sites for hydroxylation is 1. The molecule has 1 aromatic rings. The van der Waals surface area contributed by atoms with Gasteiger partial charge in [0.15, 0.2) is 0 Å². The molecule has 1 rings (SSSR count). The molecule has 0 unspecified atom stereocenters. The summed E-state index contributed by atoms with van der Waals surface area (Å²) in [5, 5.41) is 2.89. The summed E-state index contributed by atoms with van der Waals surface area (Å²) in [7, 11) is 1.87. The minimum absolute atomic E-state index is 0.0218. The van der Waals surface area contributed by atoms with Gasteiger partial charge in [-0.25, -0.2) is 4.98 Å². The summed E-state index contributed by atoms with van der Waals surface area (Å²) < 4.78 is 0.976. The maximum atomic E-state index is 11.7. The van der Waals surface area contributed by atoms with Gasteiger partial charge >= 0.3 is 0 Å². The second-order valence-electron chi connectivity index (χ2n) is 4.85. The first kappa shape index (κ1) is 15.0. The molecule has 100 valence electrons. The van der Waals surface area contributed by atoms with Gasteiger partial charge in [-0.3, -0.25) is 4.79 Å². The van der Waals surface area contributed by atoms with Crippen molar-refractivity contribution >= 4 is 27.7 Å². The standard InChI is InChI=1S/C13H20BrN3O/c1-9(2)6-16-13(18)8-17(4)12-5-10(3)11(14)7-15-12/h5,7,9H,6,8H2,1-4H3,(H,16,18). The number of hydrogen-bond donors (Lipinski definition) is 1. The van der Waals surface area contributed by atoms with E-state index in [4.69, 9.17) is 0 Å². The number of likely N-dealkylation sites (N-methyl/N-ethyl adjacent to an activating group) is 1. The van der Waals surface area contributed by atoms with Gasteiger partial charge in [0.05, 0.1) is 6.54 Å². The summed E-state index contributed by atoms with van der Waals surface area (Å²) in [5.74, 6) is 1.29. The number of nitrogens with zero attached hydrogens (tertiary/aromatic N) is 2. The fourth-order valence-electron chi connectivity index (χ4n) is 1.40. The van der Waals surface area contributed by atoms with E-state index < -0.39 is 0 Å². The van der Waals surface area contributed by atoms with E-state index in [2.05, 4.69) is 40.1 Å². The molecular formula is C13H20BrN3O. The van der Waals surface area contributed by atoms with Crippen LogP contribution in [0.3, 0.4) is 0 Å². The Balaban J connectivity index is 2.56. The van der Waals surface area contributed by atoms with Gasteiger partial charge in [-0.05, 0) is 40.4 Å². The highest BCUT2D eigenvalue weighted by molar-refractivity contribution is 9.10. The van der Waals surface area contributed by atoms with Crippen molar-refractivity contribution in [1.82, 2.24) is 10.3 Å². The fraction of sp³-hybridized carbons (Fsp3) is 0.538. The highest BCUT2D eigenvalue weighted by Crippen LogP contribution is 2.18. The molecule has 0 atom stereocenters. The molecular weight excluding hydrogens is 294 g/mol. The quantitative estimate of drug-likeness (QED) is 0.907. The van der Waals surface area contributed by atoms with Gasteiger partial charge in [-0.1, -0.05) is 13.8 Å². The summed E-state index contributed by atoms with van der Waals surface area (Å²) in [6.07, 6.45) is 1.76. The third-order valence-electron chi connectivity index (χ3n) is 2.51. The van der Waals surface area contributed by atoms with Crippen LogP contribution in [0.2, 0.25) is 0 Å². The molecule has 5 heteroatoms. The lowest BCUT2D eigenvalue weighted by Gasteiger charge is -2.18. The predicted octanol–water partition coefficient (Wildman–Crippen LogP) is 2.36. The molecule has 1 amide bonds. The van der Waals surface area contributed by atoms with Crippen molar-refractivity contribution in [3.8, 4) is 0 Å². The van der Waals surface area contributed by atoms with Crippen LogP contribution in [0, 0.1) is 12.8 Å². The highest BCUT2D eigenvalue weighted by Gasteiger charge is 2.09. The van der Waals surface area contributed by atoms with Crippen LogP contribution in [0.25, 0.3) is 0 Å². The van der Waals surface area contributed by atoms with Crippen LogP contribution in [0.15, 0.2) is 16.7 Å². The van der Waals surface area contributed by atoms with Crippen molar-refractivity contribution in [2.75, 3.05) is 25.0 Å². The topological polar surface area (TPSA) is 45.2 Å². The number of halogens is 1. The molecule has 0 fully saturated rings. The molecule has 1 aromatic heterocycles. The van der Waals surface area contributed by atoms with E-state index >= 15 is 0 Å². The monoisotopic (exact) mass is 313 g/mol. The number of carbonyl (C=O) groups excluding carboxylic acids is 1. The van der Waals surface area contributed by atoms with Crippen LogP contribution in [0.4, 0.5) is 5.82 Å². The van der Waals surface area contributed by atoms with Crippen LogP contribution in [0.1, 0.15) is 19.4 Å². The van der Waals surface area contributed by atoms with E-state index in [0.29, 0.717) is 19.0 Å². The zero-order valence-corrected chi connectivity index (χ0v) is 12.9. The average Bonchev–Trinajstić information content (AvgIpc) is 2.30. The second kappa shape index (κ2) is 6.73. The number of rotatable bonds is 5. The SMILES string of the molecule is Cc1cc(N(C)CC(=O)NCC(C)C)ncc1Br. The van der Waals surface area contributed by atoms with Crippen LogP contribution >= 0.6 is 15.9 Å². The number of aromatic nitrogens is 1. The summed E-state index contributed by atoms with van der Waals surface area (Å²) in [5.41, 5.74) is 1.11. The molecule has 1 N–H and O–H groups in total. The number of pyridine rings is 1. The molecule has 4 nitrogen and oxygen atoms in total. The van der Waals surface area contributed by atoms with E-state index in [0.717, 1.165) is 15.9 Å². The Kier molecular flexibility index (Phi) is 5.59. The molecule has 0 bridgehead atoms. The zero-order valence-electron chi connectivity index (χ0n) is 11.3. The summed E-state index contributed by atoms with van der Waals surface area (Å²) in [6, 6.07) is 1.96. The van der Waals surface area contributed by atoms with Crippen molar-refractivity contribution in [1.29, 1.82) is 0 Å². The predicted molar refractivity (Wildman–Crippen MR) is 77.8 cm³/mol. The number of carbonyl (C=O) groups is 1. The minimum Gasteiger partial charge on any atom is -0.354 e. The Morgan fingerprint density at radius 3 is 2.78 bits per heavy atom. The smallest absolute Gasteiger partial charge is 0.239 e. The molecule has 18 heavy (non-hydrogen) atoms. The zero-order chi connectivity index (χ0) is 13.7. The maximum Gasteiger partial charge on any atom is 0.239 e. The number of anilines is 1. The van der Waals surface area contributed by atoms with E-state index in [9.17, 15) is 4.79 Å². The molecule has 0 spiro atoms. The van der Waals surface area contributed by atoms with E-state index in [1.807, 2.05) is 24.9 Å². The molecule has 0 radical (unpaired) electrons. The van der Waals surface area contributed by atoms with Crippen molar-refractivity contribution in [3.05, 3.63) is 22.3 Å². The van der Waals surface area contributed by atoms with Crippen LogP contribution in [0.5, 0.6) is 0 Å². The molecule has 0 aliphatic carbocycles. The molecule has 0 aromatic carbocycles. The summed E-state index contributed by atoms with van der Waals surface area (Å²) in [4.78, 5) is 17.8. The van der Waals surface area contributed by atoms with Crippen molar-refractivity contribution in [2.45, 2.75) is 20.8 Å². The first-order valence-corrected chi connectivity index (χ1v) is 6.79. The fourth-order valence-corrected chi connectivity index (χ4v) is 1.62. The van der Waals surface area contributed by atoms with Gasteiger partial charge in [-0.15, -0.1) is 0 Å². The first-order valence-electron chi connectivity index (χ1n) is 6.00. The van der Waals surface area contributed by atoms with Crippen molar-refractivity contribution in [3.63, 3.8) is 0 Å². The lowest BCUT2D eigenvalue weighted by atomic mass is 10.2. The Labute approximate surface area is 117 Å². The first-order chi connectivity index (χ1) is 8.40. The van der Waals surface area contributed by atoms with Crippen LogP contribution < -0.4 is 10.2 Å². The van der Waals surface area contributed by atoms with Gasteiger partial charge in [0.25, 0.3) is 0 Å². The Morgan fingerprint density at radius 2 is 2.22 bits per heavy atom. The molecule has 0 saturated heterocycles. The average molecular weight is 314 g/mol. The third kappa shape index (κ3) is 4.64. The summed E-state index contributed by atoms with van der Waals surface area (Å²) in [6.45, 7) is 7.18. The Hall–Kier alpha value is -1.10. The second-order valence-corrected chi connectivity index (χ2v) is 5.70. The third-order valence-corrected chi connectivity index (χ3v) is 3.34. The number of nitrogens with one attached hydrogen (secondary N) is 1. The number of amides is 1. The van der Waals surface area contributed by atoms with Crippen LogP contribution in [-0.2, 0) is 4.79 Å². The van der Waals surface area contributed by atoms with Crippen molar-refractivity contribution < 1.29 is 4.79 Å². The molecule has 0 saturated carbocycles. The lowest BCUT2D eigenvalue weighted by Crippen LogP contribution is -2.37. The normalized spacial score (nSPS) is 10.6. The number of hydrogen-bond acceptors (Lipinski definition) is 3. The Bertz CT molecular complexity index is 421. The van der Waals surface area contributed by atoms with Crippen molar-refractivity contribution in [2.24, 2.45) is 5.92 Å². The van der Waals surface area contributed by atoms with Gasteiger partial charge in [0.2, 0.25) is 5.91 Å². The van der Waals surface area contributed by atoms with Gasteiger partial charge in [-0.2, -0.15) is 0 Å². The molecule has 0 aliphatic heterocycles. The molecule has 0 aliphatic rings. The summed E-state index contributed by atoms with van der Waals surface area (Å²) >= 11 is 3.41. The van der Waals surface area contributed by atoms with Gasteiger partial charge in [0.1, 0.15) is 5.82 Å². The largest absolute Gasteiger partial charge is 0.354 e. The molecule has 1 heterocycles.